The number of H-pyrrole nitrogens is 2. The van der Waals surface area contributed by atoms with Gasteiger partial charge >= 0.3 is 5.69 Å². The summed E-state index contributed by atoms with van der Waals surface area (Å²) in [6.45, 7) is 6.14. The third-order valence-corrected chi connectivity index (χ3v) is 2.28. The van der Waals surface area contributed by atoms with Gasteiger partial charge in [0, 0.05) is 6.04 Å². The van der Waals surface area contributed by atoms with E-state index >= 15 is 0 Å². The monoisotopic (exact) mass is 212 g/mol. The number of hydrogen-bond donors (Lipinski definition) is 3. The summed E-state index contributed by atoms with van der Waals surface area (Å²) < 4.78 is 0. The molecule has 1 rings (SSSR count). The maximum Gasteiger partial charge on any atom is 0.342 e. The molecule has 0 aliphatic carbocycles. The molecule has 1 aromatic rings. The van der Waals surface area contributed by atoms with Crippen molar-refractivity contribution >= 4 is 5.82 Å². The fourth-order valence-corrected chi connectivity index (χ4v) is 1.36. The molecule has 6 nitrogen and oxygen atoms in total. The molecular weight excluding hydrogens is 196 g/mol. The Balaban J connectivity index is 2.89. The molecule has 1 heterocycles. The van der Waals surface area contributed by atoms with Gasteiger partial charge in [-0.25, -0.2) is 9.89 Å². The highest BCUT2D eigenvalue weighted by molar-refractivity contribution is 5.30. The summed E-state index contributed by atoms with van der Waals surface area (Å²) in [4.78, 5) is 24.2. The van der Waals surface area contributed by atoms with E-state index in [1.165, 1.54) is 0 Å². The minimum Gasteiger partial charge on any atom is -0.361 e. The van der Waals surface area contributed by atoms with Crippen LogP contribution in [-0.4, -0.2) is 21.2 Å². The van der Waals surface area contributed by atoms with Gasteiger partial charge in [0.2, 0.25) is 5.82 Å². The molecule has 0 saturated heterocycles. The summed E-state index contributed by atoms with van der Waals surface area (Å²) in [5, 5.41) is 8.84. The highest BCUT2D eigenvalue weighted by Gasteiger charge is 2.13. The fourth-order valence-electron chi connectivity index (χ4n) is 1.36. The van der Waals surface area contributed by atoms with E-state index < -0.39 is 11.2 Å². The maximum atomic E-state index is 11.3. The van der Waals surface area contributed by atoms with Gasteiger partial charge in [0.15, 0.2) is 0 Å². The summed E-state index contributed by atoms with van der Waals surface area (Å²) in [5.41, 5.74) is -1.08. The first kappa shape index (κ1) is 11.5. The average molecular weight is 212 g/mol. The van der Waals surface area contributed by atoms with Gasteiger partial charge in [-0.05, 0) is 12.3 Å². The number of aromatic amines is 2. The molecule has 0 radical (unpaired) electrons. The molecule has 0 bridgehead atoms. The van der Waals surface area contributed by atoms with E-state index in [2.05, 4.69) is 34.3 Å². The normalized spacial score (nSPS) is 12.8. The Morgan fingerprint density at radius 2 is 2.07 bits per heavy atom. The van der Waals surface area contributed by atoms with E-state index in [4.69, 9.17) is 0 Å². The Morgan fingerprint density at radius 3 is 2.53 bits per heavy atom. The second kappa shape index (κ2) is 4.77. The Hall–Kier alpha value is -1.59. The van der Waals surface area contributed by atoms with Crippen LogP contribution in [0.15, 0.2) is 9.59 Å². The van der Waals surface area contributed by atoms with Crippen molar-refractivity contribution in [3.05, 3.63) is 20.8 Å². The molecule has 1 unspecified atom stereocenters. The molecule has 0 aliphatic heterocycles. The number of rotatable bonds is 4. The highest BCUT2D eigenvalue weighted by atomic mass is 16.2. The molecule has 0 spiro atoms. The number of aromatic nitrogens is 3. The summed E-state index contributed by atoms with van der Waals surface area (Å²) in [6, 6.07) is 0.171. The van der Waals surface area contributed by atoms with Crippen molar-refractivity contribution in [2.45, 2.75) is 33.2 Å². The summed E-state index contributed by atoms with van der Waals surface area (Å²) >= 11 is 0. The van der Waals surface area contributed by atoms with Gasteiger partial charge in [-0.1, -0.05) is 20.8 Å². The number of hydrogen-bond acceptors (Lipinski definition) is 4. The standard InChI is InChI=1S/C9H16N4O2/c1-4-6(5(2)3)10-7-8(14)11-9(15)13-12-7/h5-6H,4H2,1-3H3,(H,10,12)(H2,11,13,14,15). The summed E-state index contributed by atoms with van der Waals surface area (Å²) in [7, 11) is 0. The molecule has 0 aromatic carbocycles. The van der Waals surface area contributed by atoms with E-state index in [-0.39, 0.29) is 11.9 Å². The Bertz CT molecular complexity index is 421. The number of nitrogens with one attached hydrogen (secondary N) is 3. The van der Waals surface area contributed by atoms with Crippen LogP contribution in [0.5, 0.6) is 0 Å². The van der Waals surface area contributed by atoms with Crippen molar-refractivity contribution < 1.29 is 0 Å². The van der Waals surface area contributed by atoms with E-state index in [0.29, 0.717) is 5.92 Å². The van der Waals surface area contributed by atoms with Crippen LogP contribution in [-0.2, 0) is 0 Å². The molecule has 1 atom stereocenters. The Labute approximate surface area is 87.1 Å². The number of anilines is 1. The molecule has 0 aliphatic rings. The van der Waals surface area contributed by atoms with Crippen LogP contribution in [0.2, 0.25) is 0 Å². The van der Waals surface area contributed by atoms with Gasteiger partial charge in [0.25, 0.3) is 5.56 Å². The van der Waals surface area contributed by atoms with Crippen molar-refractivity contribution in [3.63, 3.8) is 0 Å². The molecule has 0 amide bonds. The minimum absolute atomic E-state index is 0.162. The molecule has 15 heavy (non-hydrogen) atoms. The Morgan fingerprint density at radius 1 is 1.40 bits per heavy atom. The SMILES string of the molecule is CCC(Nc1n[nH]c(=O)[nH]c1=O)C(C)C. The van der Waals surface area contributed by atoms with Crippen LogP contribution in [0.25, 0.3) is 0 Å². The van der Waals surface area contributed by atoms with E-state index in [9.17, 15) is 9.59 Å². The molecular formula is C9H16N4O2. The third kappa shape index (κ3) is 2.93. The predicted molar refractivity (Wildman–Crippen MR) is 58.0 cm³/mol. The molecule has 1 aromatic heterocycles. The van der Waals surface area contributed by atoms with Crippen molar-refractivity contribution in [1.29, 1.82) is 0 Å². The second-order valence-electron chi connectivity index (χ2n) is 3.76. The van der Waals surface area contributed by atoms with Crippen molar-refractivity contribution in [3.8, 4) is 0 Å². The van der Waals surface area contributed by atoms with Gasteiger partial charge in [-0.3, -0.25) is 9.78 Å². The molecule has 6 heteroatoms. The van der Waals surface area contributed by atoms with Crippen molar-refractivity contribution in [1.82, 2.24) is 15.2 Å². The van der Waals surface area contributed by atoms with Crippen LogP contribution >= 0.6 is 0 Å². The van der Waals surface area contributed by atoms with Crippen LogP contribution in [0.3, 0.4) is 0 Å². The number of nitrogens with zero attached hydrogens (tertiary/aromatic N) is 1. The lowest BCUT2D eigenvalue weighted by Crippen LogP contribution is -2.32. The first-order chi connectivity index (χ1) is 7.04. The second-order valence-corrected chi connectivity index (χ2v) is 3.76. The first-order valence-corrected chi connectivity index (χ1v) is 5.00. The lowest BCUT2D eigenvalue weighted by molar-refractivity contribution is 0.508. The lowest BCUT2D eigenvalue weighted by atomic mass is 10.0. The zero-order valence-corrected chi connectivity index (χ0v) is 9.13. The van der Waals surface area contributed by atoms with Gasteiger partial charge in [-0.15, -0.1) is 5.10 Å². The van der Waals surface area contributed by atoms with E-state index in [1.54, 1.807) is 0 Å². The van der Waals surface area contributed by atoms with E-state index in [0.717, 1.165) is 6.42 Å². The summed E-state index contributed by atoms with van der Waals surface area (Å²) in [5.74, 6) is 0.554. The topological polar surface area (TPSA) is 90.6 Å². The molecule has 0 saturated carbocycles. The lowest BCUT2D eigenvalue weighted by Gasteiger charge is -2.20. The smallest absolute Gasteiger partial charge is 0.342 e. The Kier molecular flexibility index (Phi) is 3.65. The minimum atomic E-state index is -0.594. The van der Waals surface area contributed by atoms with Crippen LogP contribution in [0, 0.1) is 5.92 Å². The molecule has 3 N–H and O–H groups in total. The van der Waals surface area contributed by atoms with Crippen LogP contribution < -0.4 is 16.6 Å². The predicted octanol–water partition coefficient (Wildman–Crippen LogP) is 0.305. The van der Waals surface area contributed by atoms with Gasteiger partial charge in [0.1, 0.15) is 0 Å². The average Bonchev–Trinajstić information content (AvgIpc) is 2.16. The van der Waals surface area contributed by atoms with Crippen molar-refractivity contribution in [2.75, 3.05) is 5.32 Å². The van der Waals surface area contributed by atoms with Crippen LogP contribution in [0.1, 0.15) is 27.2 Å². The highest BCUT2D eigenvalue weighted by Crippen LogP contribution is 2.09. The van der Waals surface area contributed by atoms with E-state index in [1.807, 2.05) is 6.92 Å². The largest absolute Gasteiger partial charge is 0.361 e. The zero-order valence-electron chi connectivity index (χ0n) is 9.13. The third-order valence-electron chi connectivity index (χ3n) is 2.28. The maximum absolute atomic E-state index is 11.3. The fraction of sp³-hybridized carbons (Fsp3) is 0.667. The first-order valence-electron chi connectivity index (χ1n) is 5.00. The van der Waals surface area contributed by atoms with Crippen molar-refractivity contribution in [2.24, 2.45) is 5.92 Å². The van der Waals surface area contributed by atoms with Gasteiger partial charge in [-0.2, -0.15) is 0 Å². The summed E-state index contributed by atoms with van der Waals surface area (Å²) in [6.07, 6.45) is 0.887. The van der Waals surface area contributed by atoms with Crippen LogP contribution in [0.4, 0.5) is 5.82 Å². The molecule has 84 valence electrons. The van der Waals surface area contributed by atoms with Gasteiger partial charge < -0.3 is 5.32 Å². The van der Waals surface area contributed by atoms with Gasteiger partial charge in [0.05, 0.1) is 0 Å². The molecule has 0 fully saturated rings. The zero-order chi connectivity index (χ0) is 11.4. The quantitative estimate of drug-likeness (QED) is 0.669.